The molecule has 0 bridgehead atoms. The molecule has 0 aromatic heterocycles. The Hall–Kier alpha value is -0.830. The minimum absolute atomic E-state index is 0.731. The second kappa shape index (κ2) is 5.92. The van der Waals surface area contributed by atoms with Crippen LogP contribution in [0.15, 0.2) is 12.7 Å². The van der Waals surface area contributed by atoms with Crippen LogP contribution >= 0.6 is 0 Å². The van der Waals surface area contributed by atoms with Crippen LogP contribution in [0.3, 0.4) is 0 Å². The minimum Gasteiger partial charge on any atom is -0.664 e. The molecule has 1 amide bonds. The van der Waals surface area contributed by atoms with Crippen molar-refractivity contribution in [1.29, 1.82) is 0 Å². The van der Waals surface area contributed by atoms with Crippen molar-refractivity contribution in [2.75, 3.05) is 27.7 Å². The van der Waals surface area contributed by atoms with Gasteiger partial charge in [-0.25, -0.2) is 0 Å². The van der Waals surface area contributed by atoms with E-state index in [1.54, 1.807) is 0 Å². The predicted octanol–water partition coefficient (Wildman–Crippen LogP) is 1.46. The number of hydrogen-bond acceptors (Lipinski definition) is 1. The summed E-state index contributed by atoms with van der Waals surface area (Å²) in [5, 5.41) is 0. The molecule has 3 heteroatoms. The van der Waals surface area contributed by atoms with Gasteiger partial charge in [0.2, 0.25) is 0 Å². The molecule has 0 fully saturated rings. The van der Waals surface area contributed by atoms with Gasteiger partial charge < -0.3 is 15.0 Å². The molecule has 0 spiro atoms. The van der Waals surface area contributed by atoms with Gasteiger partial charge in [-0.05, 0) is 13.0 Å². The largest absolute Gasteiger partial charge is 0.664 e. The highest BCUT2D eigenvalue weighted by atomic mass is 16.1. The van der Waals surface area contributed by atoms with Gasteiger partial charge in [-0.1, -0.05) is 6.58 Å². The average molecular weight is 158 g/mol. The molecule has 0 aliphatic heterocycles. The van der Waals surface area contributed by atoms with Crippen LogP contribution in [-0.2, 0) is 4.79 Å². The fourth-order valence-corrected chi connectivity index (χ4v) is 0. The summed E-state index contributed by atoms with van der Waals surface area (Å²) in [6.45, 7) is 6.41. The zero-order valence-electron chi connectivity index (χ0n) is 7.85. The van der Waals surface area contributed by atoms with E-state index < -0.39 is 5.91 Å². The van der Waals surface area contributed by atoms with E-state index in [9.17, 15) is 4.79 Å². The van der Waals surface area contributed by atoms with E-state index in [-0.39, 0.29) is 0 Å². The number of nitrogens with zero attached hydrogens (tertiary/aromatic N) is 1. The van der Waals surface area contributed by atoms with E-state index in [0.29, 0.717) is 0 Å². The number of quaternary nitrogens is 1. The molecule has 1 N–H and O–H groups in total. The van der Waals surface area contributed by atoms with Gasteiger partial charge in [0.1, 0.15) is 0 Å². The van der Waals surface area contributed by atoms with Crippen molar-refractivity contribution >= 4 is 5.91 Å². The lowest BCUT2D eigenvalue weighted by Gasteiger charge is -2.20. The predicted molar refractivity (Wildman–Crippen MR) is 48.1 cm³/mol. The number of carbonyl (C=O) groups excluding carboxylic acids is 1. The van der Waals surface area contributed by atoms with Crippen LogP contribution in [-0.4, -0.2) is 38.1 Å². The molecule has 0 radical (unpaired) electrons. The molecule has 0 aromatic rings. The van der Waals surface area contributed by atoms with Crippen LogP contribution in [0.25, 0.3) is 5.73 Å². The van der Waals surface area contributed by atoms with Gasteiger partial charge in [0.25, 0.3) is 0 Å². The zero-order chi connectivity index (χ0) is 9.49. The molecule has 66 valence electrons. The van der Waals surface area contributed by atoms with Crippen molar-refractivity contribution in [3.63, 3.8) is 0 Å². The summed E-state index contributed by atoms with van der Waals surface area (Å²) in [5.74, 6) is -0.731. The number of carbonyl (C=O) groups is 1. The maximum Gasteiger partial charge on any atom is 0.0751 e. The number of nitrogens with one attached hydrogen (secondary N) is 1. The molecule has 0 aliphatic rings. The molecule has 0 saturated heterocycles. The Morgan fingerprint density at radius 1 is 1.55 bits per heavy atom. The molecule has 0 rings (SSSR count). The lowest BCUT2D eigenvalue weighted by molar-refractivity contribution is -0.868. The van der Waals surface area contributed by atoms with Gasteiger partial charge in [-0.3, -0.25) is 0 Å². The van der Waals surface area contributed by atoms with Gasteiger partial charge in [0.05, 0.1) is 33.6 Å². The standard InChI is InChI=1S/C5H14N.C3H5NO/c1-5-6(2,3)4;1-2-3(4)5/h5H2,1-4H3;2H,1H2,(H2,4,5)/q+1;/p-1. The van der Waals surface area contributed by atoms with Gasteiger partial charge in [0.15, 0.2) is 0 Å². The molecule has 0 aliphatic carbocycles. The van der Waals surface area contributed by atoms with E-state index in [1.807, 2.05) is 0 Å². The van der Waals surface area contributed by atoms with Crippen molar-refractivity contribution in [3.8, 4) is 0 Å². The number of hydrogen-bond donors (Lipinski definition) is 0. The normalized spacial score (nSPS) is 9.45. The Bertz CT molecular complexity index is 125. The third-order valence-corrected chi connectivity index (χ3v) is 1.13. The Labute approximate surface area is 69.1 Å². The summed E-state index contributed by atoms with van der Waals surface area (Å²) in [6.07, 6.45) is 0.944. The summed E-state index contributed by atoms with van der Waals surface area (Å²) in [7, 11) is 6.54. The SMILES string of the molecule is C=CC([NH-])=O.CC[N+](C)(C)C. The number of rotatable bonds is 2. The van der Waals surface area contributed by atoms with Crippen molar-refractivity contribution in [3.05, 3.63) is 18.4 Å². The van der Waals surface area contributed by atoms with Crippen molar-refractivity contribution in [1.82, 2.24) is 0 Å². The van der Waals surface area contributed by atoms with Crippen molar-refractivity contribution in [2.24, 2.45) is 0 Å². The first kappa shape index (κ1) is 12.8. The van der Waals surface area contributed by atoms with Crippen LogP contribution in [0.2, 0.25) is 0 Å². The third-order valence-electron chi connectivity index (χ3n) is 1.13. The highest BCUT2D eigenvalue weighted by Crippen LogP contribution is 1.83. The third kappa shape index (κ3) is 27.1. The Kier molecular flexibility index (Phi) is 6.89. The lowest BCUT2D eigenvalue weighted by Crippen LogP contribution is -2.33. The van der Waals surface area contributed by atoms with E-state index in [2.05, 4.69) is 34.6 Å². The summed E-state index contributed by atoms with van der Waals surface area (Å²) in [6, 6.07) is 0. The summed E-state index contributed by atoms with van der Waals surface area (Å²) < 4.78 is 1.07. The molecular weight excluding hydrogens is 140 g/mol. The molecule has 0 saturated carbocycles. The molecule has 11 heavy (non-hydrogen) atoms. The van der Waals surface area contributed by atoms with Crippen LogP contribution < -0.4 is 0 Å². The topological polar surface area (TPSA) is 40.9 Å². The fraction of sp³-hybridized carbons (Fsp3) is 0.625. The van der Waals surface area contributed by atoms with Crippen LogP contribution in [0.5, 0.6) is 0 Å². The molecule has 0 heterocycles. The quantitative estimate of drug-likeness (QED) is 0.443. The number of amides is 1. The highest BCUT2D eigenvalue weighted by Gasteiger charge is 1.97. The van der Waals surface area contributed by atoms with Gasteiger partial charge in [0, 0.05) is 0 Å². The summed E-state index contributed by atoms with van der Waals surface area (Å²) in [5.41, 5.74) is 6.07. The fourth-order valence-electron chi connectivity index (χ4n) is 0. The second-order valence-corrected chi connectivity index (χ2v) is 3.17. The van der Waals surface area contributed by atoms with Crippen LogP contribution in [0.1, 0.15) is 6.92 Å². The summed E-state index contributed by atoms with van der Waals surface area (Å²) >= 11 is 0. The van der Waals surface area contributed by atoms with Gasteiger partial charge in [-0.15, -0.1) is 0 Å². The Morgan fingerprint density at radius 3 is 1.73 bits per heavy atom. The minimum atomic E-state index is -0.731. The molecule has 0 aromatic carbocycles. The van der Waals surface area contributed by atoms with Crippen molar-refractivity contribution < 1.29 is 9.28 Å². The first-order valence-corrected chi connectivity index (χ1v) is 3.52. The molecule has 0 atom stereocenters. The maximum atomic E-state index is 9.36. The Balaban J connectivity index is 0. The van der Waals surface area contributed by atoms with Crippen LogP contribution in [0, 0.1) is 0 Å². The van der Waals surface area contributed by atoms with Crippen molar-refractivity contribution in [2.45, 2.75) is 6.92 Å². The monoisotopic (exact) mass is 158 g/mol. The lowest BCUT2D eigenvalue weighted by atomic mass is 10.6. The van der Waals surface area contributed by atoms with E-state index >= 15 is 0 Å². The van der Waals surface area contributed by atoms with Gasteiger partial charge >= 0.3 is 0 Å². The van der Waals surface area contributed by atoms with E-state index in [4.69, 9.17) is 5.73 Å². The Morgan fingerprint density at radius 2 is 1.73 bits per heavy atom. The van der Waals surface area contributed by atoms with E-state index in [1.165, 1.54) is 6.54 Å². The van der Waals surface area contributed by atoms with Gasteiger partial charge in [-0.2, -0.15) is 0 Å². The van der Waals surface area contributed by atoms with E-state index in [0.717, 1.165) is 10.6 Å². The first-order valence-electron chi connectivity index (χ1n) is 3.52. The smallest absolute Gasteiger partial charge is 0.0751 e. The average Bonchev–Trinajstić information content (AvgIpc) is 1.88. The zero-order valence-corrected chi connectivity index (χ0v) is 7.85. The highest BCUT2D eigenvalue weighted by molar-refractivity contribution is 5.93. The first-order chi connectivity index (χ1) is 4.83. The molecule has 0 unspecified atom stereocenters. The second-order valence-electron chi connectivity index (χ2n) is 3.17. The maximum absolute atomic E-state index is 9.36. The van der Waals surface area contributed by atoms with Crippen LogP contribution in [0.4, 0.5) is 0 Å². The molecular formula is C8H18N2O. The molecule has 3 nitrogen and oxygen atoms in total. The summed E-state index contributed by atoms with van der Waals surface area (Å²) in [4.78, 5) is 9.36.